The van der Waals surface area contributed by atoms with Gasteiger partial charge >= 0.3 is 0 Å². The van der Waals surface area contributed by atoms with Gasteiger partial charge in [-0.25, -0.2) is 4.98 Å². The molecule has 0 unspecified atom stereocenters. The normalized spacial score (nSPS) is 17.3. The predicted octanol–water partition coefficient (Wildman–Crippen LogP) is 3.44. The van der Waals surface area contributed by atoms with Gasteiger partial charge in [-0.1, -0.05) is 17.8 Å². The predicted molar refractivity (Wildman–Crippen MR) is 92.9 cm³/mol. The van der Waals surface area contributed by atoms with Gasteiger partial charge in [-0.05, 0) is 40.9 Å². The van der Waals surface area contributed by atoms with Crippen LogP contribution in [0.3, 0.4) is 0 Å². The summed E-state index contributed by atoms with van der Waals surface area (Å²) in [6.45, 7) is 1.10. The fourth-order valence-corrected chi connectivity index (χ4v) is 4.22. The van der Waals surface area contributed by atoms with Gasteiger partial charge < -0.3 is 14.6 Å². The lowest BCUT2D eigenvalue weighted by atomic mass is 9.85. The van der Waals surface area contributed by atoms with Crippen LogP contribution >= 0.6 is 27.3 Å². The topological polar surface area (TPSA) is 75.4 Å². The monoisotopic (exact) mass is 409 g/mol. The molecule has 0 bridgehead atoms. The molecule has 4 rings (SSSR count). The summed E-state index contributed by atoms with van der Waals surface area (Å²) in [6, 6.07) is 3.38. The molecule has 8 heteroatoms. The second-order valence-electron chi connectivity index (χ2n) is 6.09. The number of nitrogens with one attached hydrogen (secondary N) is 1. The second kappa shape index (κ2) is 6.33. The van der Waals surface area contributed by atoms with Crippen LogP contribution in [0.25, 0.3) is 0 Å². The van der Waals surface area contributed by atoms with Gasteiger partial charge in [0.25, 0.3) is 5.91 Å². The summed E-state index contributed by atoms with van der Waals surface area (Å²) in [6.07, 6.45) is 3.76. The number of hydrogen-bond donors (Lipinski definition) is 1. The molecule has 126 valence electrons. The molecule has 3 heterocycles. The Balaban J connectivity index is 1.45. The molecule has 1 N–H and O–H groups in total. The number of nitrogens with zero attached hydrogens (tertiary/aromatic N) is 2. The lowest BCUT2D eigenvalue weighted by Crippen LogP contribution is -2.35. The molecule has 2 aromatic rings. The Hall–Kier alpha value is -1.67. The maximum atomic E-state index is 12.5. The Morgan fingerprint density at radius 1 is 1.38 bits per heavy atom. The average molecular weight is 410 g/mol. The summed E-state index contributed by atoms with van der Waals surface area (Å²) >= 11 is 4.67. The van der Waals surface area contributed by atoms with Crippen molar-refractivity contribution in [3.05, 3.63) is 33.1 Å². The summed E-state index contributed by atoms with van der Waals surface area (Å²) in [5.74, 6) is 0.412. The van der Waals surface area contributed by atoms with Crippen molar-refractivity contribution in [3.8, 4) is 0 Å². The number of furan rings is 1. The third-order valence-electron chi connectivity index (χ3n) is 4.51. The molecule has 2 aromatic heterocycles. The third-order valence-corrected chi connectivity index (χ3v) is 5.93. The van der Waals surface area contributed by atoms with E-state index in [1.165, 1.54) is 11.3 Å². The van der Waals surface area contributed by atoms with Gasteiger partial charge in [-0.15, -0.1) is 0 Å². The first kappa shape index (κ1) is 15.8. The van der Waals surface area contributed by atoms with Gasteiger partial charge in [-0.2, -0.15) is 0 Å². The van der Waals surface area contributed by atoms with Crippen LogP contribution in [0.2, 0.25) is 0 Å². The highest BCUT2D eigenvalue weighted by Gasteiger charge is 2.29. The number of carbonyl (C=O) groups excluding carboxylic acids is 2. The van der Waals surface area contributed by atoms with Gasteiger partial charge in [0.2, 0.25) is 5.91 Å². The molecule has 0 spiro atoms. The van der Waals surface area contributed by atoms with Crippen molar-refractivity contribution in [2.75, 3.05) is 11.9 Å². The van der Waals surface area contributed by atoms with Gasteiger partial charge in [0.05, 0.1) is 12.2 Å². The fraction of sp³-hybridized carbons (Fsp3) is 0.438. The van der Waals surface area contributed by atoms with Crippen LogP contribution in [-0.4, -0.2) is 28.2 Å². The van der Waals surface area contributed by atoms with E-state index in [-0.39, 0.29) is 17.7 Å². The first-order valence-electron chi connectivity index (χ1n) is 7.94. The number of thiazole rings is 1. The van der Waals surface area contributed by atoms with Crippen LogP contribution in [0, 0.1) is 5.92 Å². The highest BCUT2D eigenvalue weighted by molar-refractivity contribution is 9.10. The first-order valence-corrected chi connectivity index (χ1v) is 9.55. The standard InChI is InChI=1S/C16H16BrN3O3S/c17-13-5-4-11(23-13)15(22)20-7-6-10-12(8-20)24-16(18-10)19-14(21)9-2-1-3-9/h4-5,9H,1-3,6-8H2,(H,18,19,21). The Labute approximate surface area is 151 Å². The lowest BCUT2D eigenvalue weighted by molar-refractivity contribution is -0.122. The number of fused-ring (bicyclic) bond motifs is 1. The van der Waals surface area contributed by atoms with E-state index < -0.39 is 0 Å². The van der Waals surface area contributed by atoms with E-state index in [0.717, 1.165) is 29.8 Å². The molecule has 6 nitrogen and oxygen atoms in total. The number of hydrogen-bond acceptors (Lipinski definition) is 5. The molecule has 24 heavy (non-hydrogen) atoms. The maximum Gasteiger partial charge on any atom is 0.289 e. The van der Waals surface area contributed by atoms with Crippen molar-refractivity contribution in [1.82, 2.24) is 9.88 Å². The maximum absolute atomic E-state index is 12.5. The van der Waals surface area contributed by atoms with Crippen LogP contribution in [0.4, 0.5) is 5.13 Å². The number of amides is 2. The number of rotatable bonds is 3. The molecule has 2 aliphatic rings. The van der Waals surface area contributed by atoms with E-state index in [0.29, 0.717) is 35.1 Å². The van der Waals surface area contributed by atoms with E-state index in [2.05, 4.69) is 26.2 Å². The van der Waals surface area contributed by atoms with Gasteiger partial charge in [0.15, 0.2) is 15.6 Å². The SMILES string of the molecule is O=C(Nc1nc2c(s1)CN(C(=O)c1ccc(Br)o1)CC2)C1CCC1. The van der Waals surface area contributed by atoms with E-state index in [1.54, 1.807) is 17.0 Å². The molecular formula is C16H16BrN3O3S. The van der Waals surface area contributed by atoms with Crippen molar-refractivity contribution in [2.24, 2.45) is 5.92 Å². The van der Waals surface area contributed by atoms with Crippen molar-refractivity contribution in [3.63, 3.8) is 0 Å². The Kier molecular flexibility index (Phi) is 4.17. The van der Waals surface area contributed by atoms with E-state index in [9.17, 15) is 9.59 Å². The minimum atomic E-state index is -0.125. The molecule has 0 saturated heterocycles. The van der Waals surface area contributed by atoms with Crippen LogP contribution < -0.4 is 5.32 Å². The zero-order valence-electron chi connectivity index (χ0n) is 12.9. The number of halogens is 1. The summed E-state index contributed by atoms with van der Waals surface area (Å²) in [4.78, 5) is 31.8. The Morgan fingerprint density at radius 3 is 2.88 bits per heavy atom. The number of anilines is 1. The molecule has 0 radical (unpaired) electrons. The van der Waals surface area contributed by atoms with Crippen LogP contribution in [0.15, 0.2) is 21.2 Å². The smallest absolute Gasteiger partial charge is 0.289 e. The molecule has 1 aliphatic heterocycles. The minimum Gasteiger partial charge on any atom is -0.444 e. The summed E-state index contributed by atoms with van der Waals surface area (Å²) < 4.78 is 5.89. The molecule has 0 atom stereocenters. The zero-order valence-corrected chi connectivity index (χ0v) is 15.3. The van der Waals surface area contributed by atoms with Crippen LogP contribution in [-0.2, 0) is 17.8 Å². The van der Waals surface area contributed by atoms with Crippen molar-refractivity contribution in [1.29, 1.82) is 0 Å². The Bertz CT molecular complexity index is 796. The van der Waals surface area contributed by atoms with Crippen LogP contribution in [0.1, 0.15) is 40.4 Å². The number of carbonyl (C=O) groups is 2. The van der Waals surface area contributed by atoms with Crippen molar-refractivity contribution < 1.29 is 14.0 Å². The summed E-state index contributed by atoms with van der Waals surface area (Å²) in [7, 11) is 0. The Morgan fingerprint density at radius 2 is 2.21 bits per heavy atom. The van der Waals surface area contributed by atoms with E-state index in [4.69, 9.17) is 4.42 Å². The first-order chi connectivity index (χ1) is 11.6. The van der Waals surface area contributed by atoms with E-state index >= 15 is 0 Å². The van der Waals surface area contributed by atoms with Gasteiger partial charge in [-0.3, -0.25) is 9.59 Å². The fourth-order valence-electron chi connectivity index (χ4n) is 2.89. The van der Waals surface area contributed by atoms with Gasteiger partial charge in [0.1, 0.15) is 0 Å². The summed E-state index contributed by atoms with van der Waals surface area (Å²) in [5, 5.41) is 3.57. The molecular weight excluding hydrogens is 394 g/mol. The molecule has 0 aromatic carbocycles. The number of aromatic nitrogens is 1. The minimum absolute atomic E-state index is 0.0701. The molecule has 1 fully saturated rings. The molecule has 1 saturated carbocycles. The van der Waals surface area contributed by atoms with Crippen LogP contribution in [0.5, 0.6) is 0 Å². The third kappa shape index (κ3) is 3.00. The molecule has 1 aliphatic carbocycles. The highest BCUT2D eigenvalue weighted by atomic mass is 79.9. The molecule has 2 amide bonds. The van der Waals surface area contributed by atoms with Gasteiger partial charge in [0, 0.05) is 23.8 Å². The van der Waals surface area contributed by atoms with Crippen molar-refractivity contribution >= 4 is 44.2 Å². The van der Waals surface area contributed by atoms with Crippen molar-refractivity contribution in [2.45, 2.75) is 32.2 Å². The van der Waals surface area contributed by atoms with E-state index in [1.807, 2.05) is 0 Å². The largest absolute Gasteiger partial charge is 0.444 e. The average Bonchev–Trinajstić information content (AvgIpc) is 3.09. The highest BCUT2D eigenvalue weighted by Crippen LogP contribution is 2.32. The quantitative estimate of drug-likeness (QED) is 0.841. The zero-order chi connectivity index (χ0) is 16.7. The second-order valence-corrected chi connectivity index (χ2v) is 7.95. The lowest BCUT2D eigenvalue weighted by Gasteiger charge is -2.25. The summed E-state index contributed by atoms with van der Waals surface area (Å²) in [5.41, 5.74) is 0.980.